The van der Waals surface area contributed by atoms with E-state index in [1.165, 1.54) is 0 Å². The molecule has 0 aliphatic carbocycles. The molecule has 0 amide bonds. The topological polar surface area (TPSA) is 96.2 Å². The van der Waals surface area contributed by atoms with E-state index in [1.54, 1.807) is 30.3 Å². The maximum atomic E-state index is 10.8. The minimum absolute atomic E-state index is 0.311. The molecule has 0 heterocycles. The van der Waals surface area contributed by atoms with Crippen LogP contribution in [0.5, 0.6) is 5.75 Å². The Bertz CT molecular complexity index is 321. The molecule has 0 saturated heterocycles. The van der Waals surface area contributed by atoms with E-state index in [9.17, 15) is 4.79 Å². The summed E-state index contributed by atoms with van der Waals surface area (Å²) in [5, 5.41) is 26.1. The molecular weight excluding hydrogens is 216 g/mol. The third-order valence-electron chi connectivity index (χ3n) is 1.90. The molecule has 0 spiro atoms. The second-order valence-electron chi connectivity index (χ2n) is 3.02. The Kier molecular flexibility index (Phi) is 4.71. The average Bonchev–Trinajstić information content (AvgIpc) is 2.30. The summed E-state index contributed by atoms with van der Waals surface area (Å²) in [7, 11) is 0. The van der Waals surface area contributed by atoms with Gasteiger partial charge in [0.25, 0.3) is 0 Å². The first-order valence-electron chi connectivity index (χ1n) is 4.54. The largest absolute Gasteiger partial charge is 0.478 e. The second-order valence-corrected chi connectivity index (χ2v) is 3.02. The Labute approximate surface area is 91.6 Å². The van der Waals surface area contributed by atoms with Crippen LogP contribution in [0, 0.1) is 0 Å². The van der Waals surface area contributed by atoms with Crippen LogP contribution in [0.15, 0.2) is 30.3 Å². The van der Waals surface area contributed by atoms with Crippen molar-refractivity contribution >= 4 is 5.97 Å². The number of aliphatic carboxylic acids is 1. The zero-order valence-electron chi connectivity index (χ0n) is 8.31. The first-order valence-corrected chi connectivity index (χ1v) is 4.54. The standard InChI is InChI=1S/C10H12O6/c11-6-8(16-14)9(10(12)13)15-7-4-2-1-3-5-7/h1-5,8-9,11,14H,6H2,(H,12,13). The van der Waals surface area contributed by atoms with E-state index in [0.717, 1.165) is 0 Å². The van der Waals surface area contributed by atoms with Crippen LogP contribution < -0.4 is 4.74 Å². The molecule has 88 valence electrons. The first-order chi connectivity index (χ1) is 7.69. The minimum atomic E-state index is -1.47. The molecule has 6 nitrogen and oxygen atoms in total. The molecule has 0 radical (unpaired) electrons. The van der Waals surface area contributed by atoms with Gasteiger partial charge in [0.15, 0.2) is 6.10 Å². The molecule has 16 heavy (non-hydrogen) atoms. The molecule has 0 saturated carbocycles. The van der Waals surface area contributed by atoms with Gasteiger partial charge in [0.05, 0.1) is 6.61 Å². The number of carboxylic acids is 1. The minimum Gasteiger partial charge on any atom is -0.478 e. The first kappa shape index (κ1) is 12.4. The summed E-state index contributed by atoms with van der Waals surface area (Å²) in [6, 6.07) is 8.20. The van der Waals surface area contributed by atoms with Crippen LogP contribution in [0.25, 0.3) is 0 Å². The fourth-order valence-electron chi connectivity index (χ4n) is 1.12. The number of rotatable bonds is 6. The van der Waals surface area contributed by atoms with Gasteiger partial charge in [-0.3, -0.25) is 5.26 Å². The zero-order valence-corrected chi connectivity index (χ0v) is 8.31. The summed E-state index contributed by atoms with van der Waals surface area (Å²) < 4.78 is 5.08. The molecule has 0 bridgehead atoms. The van der Waals surface area contributed by atoms with Crippen LogP contribution in [-0.2, 0) is 9.68 Å². The van der Waals surface area contributed by atoms with Gasteiger partial charge < -0.3 is 14.9 Å². The van der Waals surface area contributed by atoms with Crippen LogP contribution in [0.3, 0.4) is 0 Å². The molecule has 0 aromatic heterocycles. The van der Waals surface area contributed by atoms with Gasteiger partial charge in [-0.15, -0.1) is 0 Å². The second kappa shape index (κ2) is 6.06. The molecule has 0 aliphatic heterocycles. The number of aliphatic hydroxyl groups excluding tert-OH is 1. The molecule has 1 rings (SSSR count). The molecule has 1 aromatic carbocycles. The van der Waals surface area contributed by atoms with Gasteiger partial charge in [0.1, 0.15) is 5.75 Å². The highest BCUT2D eigenvalue weighted by Crippen LogP contribution is 2.13. The molecule has 3 N–H and O–H groups in total. The highest BCUT2D eigenvalue weighted by atomic mass is 17.1. The molecule has 1 aromatic rings. The molecule has 0 aliphatic rings. The van der Waals surface area contributed by atoms with Crippen LogP contribution >= 0.6 is 0 Å². The molecule has 0 fully saturated rings. The van der Waals surface area contributed by atoms with Crippen LogP contribution in [0.2, 0.25) is 0 Å². The predicted molar refractivity (Wildman–Crippen MR) is 53.1 cm³/mol. The smallest absolute Gasteiger partial charge is 0.347 e. The van der Waals surface area contributed by atoms with E-state index in [2.05, 4.69) is 4.89 Å². The van der Waals surface area contributed by atoms with Crippen molar-refractivity contribution in [2.24, 2.45) is 0 Å². The number of benzene rings is 1. The van der Waals surface area contributed by atoms with Gasteiger partial charge in [0, 0.05) is 0 Å². The van der Waals surface area contributed by atoms with Crippen molar-refractivity contribution in [2.75, 3.05) is 6.61 Å². The van der Waals surface area contributed by atoms with Gasteiger partial charge in [-0.2, -0.15) is 0 Å². The monoisotopic (exact) mass is 228 g/mol. The molecule has 6 heteroatoms. The number of aliphatic hydroxyl groups is 1. The lowest BCUT2D eigenvalue weighted by molar-refractivity contribution is -0.299. The molecular formula is C10H12O6. The summed E-state index contributed by atoms with van der Waals surface area (Å²) in [4.78, 5) is 14.7. The quantitative estimate of drug-likeness (QED) is 0.481. The van der Waals surface area contributed by atoms with E-state index in [4.69, 9.17) is 20.2 Å². The highest BCUT2D eigenvalue weighted by Gasteiger charge is 2.31. The summed E-state index contributed by atoms with van der Waals surface area (Å²) in [5.41, 5.74) is 0. The lowest BCUT2D eigenvalue weighted by atomic mass is 10.2. The highest BCUT2D eigenvalue weighted by molar-refractivity contribution is 5.73. The number of para-hydroxylation sites is 1. The van der Waals surface area contributed by atoms with E-state index in [-0.39, 0.29) is 0 Å². The maximum absolute atomic E-state index is 10.8. The van der Waals surface area contributed by atoms with E-state index in [1.807, 2.05) is 0 Å². The van der Waals surface area contributed by atoms with E-state index in [0.29, 0.717) is 5.75 Å². The molecule has 2 unspecified atom stereocenters. The van der Waals surface area contributed by atoms with Gasteiger partial charge in [-0.05, 0) is 12.1 Å². The van der Waals surface area contributed by atoms with Crippen molar-refractivity contribution < 1.29 is 29.9 Å². The lowest BCUT2D eigenvalue weighted by Crippen LogP contribution is -2.42. The van der Waals surface area contributed by atoms with Gasteiger partial charge in [0.2, 0.25) is 6.10 Å². The number of hydrogen-bond acceptors (Lipinski definition) is 5. The number of carbonyl (C=O) groups is 1. The third-order valence-corrected chi connectivity index (χ3v) is 1.90. The lowest BCUT2D eigenvalue weighted by Gasteiger charge is -2.20. The normalized spacial score (nSPS) is 14.1. The van der Waals surface area contributed by atoms with E-state index < -0.39 is 24.8 Å². The Morgan fingerprint density at radius 2 is 1.94 bits per heavy atom. The Morgan fingerprint density at radius 3 is 2.38 bits per heavy atom. The SMILES string of the molecule is O=C(O)C(Oc1ccccc1)C(CO)OO. The predicted octanol–water partition coefficient (Wildman–Crippen LogP) is 0.369. The van der Waals surface area contributed by atoms with Crippen molar-refractivity contribution in [1.29, 1.82) is 0 Å². The Balaban J connectivity index is 2.76. The fraction of sp³-hybridized carbons (Fsp3) is 0.300. The average molecular weight is 228 g/mol. The van der Waals surface area contributed by atoms with Gasteiger partial charge in [-0.1, -0.05) is 18.2 Å². The van der Waals surface area contributed by atoms with Crippen molar-refractivity contribution in [1.82, 2.24) is 0 Å². The van der Waals surface area contributed by atoms with Crippen LogP contribution in [-0.4, -0.2) is 40.3 Å². The summed E-state index contributed by atoms with van der Waals surface area (Å²) in [6.45, 7) is -0.666. The van der Waals surface area contributed by atoms with Crippen molar-refractivity contribution in [3.63, 3.8) is 0 Å². The summed E-state index contributed by atoms with van der Waals surface area (Å²) in [5.74, 6) is -1.03. The van der Waals surface area contributed by atoms with Crippen molar-refractivity contribution in [3.8, 4) is 5.75 Å². The zero-order chi connectivity index (χ0) is 12.0. The maximum Gasteiger partial charge on any atom is 0.347 e. The Morgan fingerprint density at radius 1 is 1.31 bits per heavy atom. The van der Waals surface area contributed by atoms with Crippen LogP contribution in [0.1, 0.15) is 0 Å². The van der Waals surface area contributed by atoms with Crippen LogP contribution in [0.4, 0.5) is 0 Å². The van der Waals surface area contributed by atoms with Gasteiger partial charge >= 0.3 is 5.97 Å². The number of hydrogen-bond donors (Lipinski definition) is 3. The Hall–Kier alpha value is -1.63. The summed E-state index contributed by atoms with van der Waals surface area (Å²) in [6.07, 6.45) is -2.81. The van der Waals surface area contributed by atoms with Crippen molar-refractivity contribution in [3.05, 3.63) is 30.3 Å². The molecule has 2 atom stereocenters. The van der Waals surface area contributed by atoms with Gasteiger partial charge in [-0.25, -0.2) is 9.68 Å². The van der Waals surface area contributed by atoms with E-state index >= 15 is 0 Å². The number of carboxylic acid groups (broad SMARTS) is 1. The third kappa shape index (κ3) is 3.20. The summed E-state index contributed by atoms with van der Waals surface area (Å²) >= 11 is 0. The number of ether oxygens (including phenoxy) is 1. The fourth-order valence-corrected chi connectivity index (χ4v) is 1.12. The van der Waals surface area contributed by atoms with Crippen molar-refractivity contribution in [2.45, 2.75) is 12.2 Å².